The maximum atomic E-state index is 11.7. The first-order valence-corrected chi connectivity index (χ1v) is 8.34. The van der Waals surface area contributed by atoms with Gasteiger partial charge in [-0.3, -0.25) is 9.59 Å². The molecule has 23 heavy (non-hydrogen) atoms. The standard InChI is InChI=1S/C18H25NO4/c20-17(19-13-15-7-3-1-4-8-15)14-23-18(21)11-12-22-16-9-5-2-6-10-16/h2,5-6,9-10,15H,1,3-4,7-8,11-14H2,(H,19,20). The molecular weight excluding hydrogens is 294 g/mol. The lowest BCUT2D eigenvalue weighted by atomic mass is 9.89. The average Bonchev–Trinajstić information content (AvgIpc) is 2.60. The van der Waals surface area contributed by atoms with Gasteiger partial charge in [0.15, 0.2) is 6.61 Å². The average molecular weight is 319 g/mol. The number of carbonyl (C=O) groups excluding carboxylic acids is 2. The van der Waals surface area contributed by atoms with Gasteiger partial charge >= 0.3 is 5.97 Å². The minimum Gasteiger partial charge on any atom is -0.493 e. The fraction of sp³-hybridized carbons (Fsp3) is 0.556. The number of benzene rings is 1. The highest BCUT2D eigenvalue weighted by Crippen LogP contribution is 2.22. The van der Waals surface area contributed by atoms with Crippen molar-refractivity contribution in [1.82, 2.24) is 5.32 Å². The van der Waals surface area contributed by atoms with Gasteiger partial charge in [0.2, 0.25) is 0 Å². The zero-order valence-electron chi connectivity index (χ0n) is 13.5. The summed E-state index contributed by atoms with van der Waals surface area (Å²) in [4.78, 5) is 23.2. The molecule has 5 heteroatoms. The van der Waals surface area contributed by atoms with Crippen LogP contribution in [-0.2, 0) is 14.3 Å². The van der Waals surface area contributed by atoms with Crippen molar-refractivity contribution in [3.8, 4) is 5.75 Å². The van der Waals surface area contributed by atoms with Crippen LogP contribution in [0.2, 0.25) is 0 Å². The lowest BCUT2D eigenvalue weighted by molar-refractivity contribution is -0.149. The summed E-state index contributed by atoms with van der Waals surface area (Å²) in [6.07, 6.45) is 6.28. The molecule has 0 aliphatic heterocycles. The van der Waals surface area contributed by atoms with Gasteiger partial charge < -0.3 is 14.8 Å². The van der Waals surface area contributed by atoms with E-state index in [0.29, 0.717) is 18.2 Å². The summed E-state index contributed by atoms with van der Waals surface area (Å²) in [6, 6.07) is 9.27. The molecule has 1 aliphatic carbocycles. The molecule has 0 spiro atoms. The van der Waals surface area contributed by atoms with Crippen LogP contribution in [-0.4, -0.2) is 31.6 Å². The maximum Gasteiger partial charge on any atom is 0.309 e. The second-order valence-corrected chi connectivity index (χ2v) is 5.88. The number of hydrogen-bond acceptors (Lipinski definition) is 4. The number of carbonyl (C=O) groups is 2. The van der Waals surface area contributed by atoms with Gasteiger partial charge in [0.25, 0.3) is 5.91 Å². The number of nitrogens with one attached hydrogen (secondary N) is 1. The molecule has 1 aliphatic rings. The van der Waals surface area contributed by atoms with Crippen LogP contribution in [0.1, 0.15) is 38.5 Å². The summed E-state index contributed by atoms with van der Waals surface area (Å²) in [5.74, 6) is 0.634. The topological polar surface area (TPSA) is 64.6 Å². The van der Waals surface area contributed by atoms with Crippen molar-refractivity contribution in [1.29, 1.82) is 0 Å². The minimum atomic E-state index is -0.422. The molecule has 0 bridgehead atoms. The largest absolute Gasteiger partial charge is 0.493 e. The third-order valence-corrected chi connectivity index (χ3v) is 4.00. The molecule has 1 aromatic rings. The zero-order valence-corrected chi connectivity index (χ0v) is 13.5. The third kappa shape index (κ3) is 7.17. The molecule has 0 atom stereocenters. The lowest BCUT2D eigenvalue weighted by Gasteiger charge is -2.21. The Hall–Kier alpha value is -2.04. The van der Waals surface area contributed by atoms with Crippen LogP contribution in [0.25, 0.3) is 0 Å². The fourth-order valence-electron chi connectivity index (χ4n) is 2.69. The van der Waals surface area contributed by atoms with Crippen LogP contribution in [0, 0.1) is 5.92 Å². The van der Waals surface area contributed by atoms with E-state index in [9.17, 15) is 9.59 Å². The van der Waals surface area contributed by atoms with Crippen molar-refractivity contribution in [2.75, 3.05) is 19.8 Å². The second kappa shape index (κ2) is 9.87. The smallest absolute Gasteiger partial charge is 0.309 e. The minimum absolute atomic E-state index is 0.130. The Kier molecular flexibility index (Phi) is 7.43. The van der Waals surface area contributed by atoms with E-state index in [1.165, 1.54) is 32.1 Å². The summed E-state index contributed by atoms with van der Waals surface area (Å²) >= 11 is 0. The van der Waals surface area contributed by atoms with Crippen molar-refractivity contribution in [2.45, 2.75) is 38.5 Å². The first kappa shape index (κ1) is 17.3. The predicted molar refractivity (Wildman–Crippen MR) is 87.1 cm³/mol. The van der Waals surface area contributed by atoms with Crippen molar-refractivity contribution < 1.29 is 19.1 Å². The van der Waals surface area contributed by atoms with E-state index in [1.807, 2.05) is 30.3 Å². The molecule has 1 N–H and O–H groups in total. The van der Waals surface area contributed by atoms with Gasteiger partial charge in [-0.15, -0.1) is 0 Å². The molecule has 1 amide bonds. The SMILES string of the molecule is O=C(COC(=O)CCOc1ccccc1)NCC1CCCCC1. The Balaban J connectivity index is 1.52. The monoisotopic (exact) mass is 319 g/mol. The quantitative estimate of drug-likeness (QED) is 0.748. The molecule has 0 heterocycles. The summed E-state index contributed by atoms with van der Waals surface area (Å²) in [5, 5.41) is 2.84. The summed E-state index contributed by atoms with van der Waals surface area (Å²) < 4.78 is 10.4. The number of hydrogen-bond donors (Lipinski definition) is 1. The zero-order chi connectivity index (χ0) is 16.3. The molecule has 1 saturated carbocycles. The van der Waals surface area contributed by atoms with Crippen molar-refractivity contribution in [3.05, 3.63) is 30.3 Å². The van der Waals surface area contributed by atoms with Crippen LogP contribution in [0.4, 0.5) is 0 Å². The molecule has 126 valence electrons. The van der Waals surface area contributed by atoms with Gasteiger partial charge in [0, 0.05) is 6.54 Å². The summed E-state index contributed by atoms with van der Waals surface area (Å²) in [5.41, 5.74) is 0. The van der Waals surface area contributed by atoms with Crippen LogP contribution in [0.3, 0.4) is 0 Å². The maximum absolute atomic E-state index is 11.7. The molecule has 5 nitrogen and oxygen atoms in total. The fourth-order valence-corrected chi connectivity index (χ4v) is 2.69. The number of ether oxygens (including phenoxy) is 2. The second-order valence-electron chi connectivity index (χ2n) is 5.88. The van der Waals surface area contributed by atoms with Gasteiger partial charge in [0.1, 0.15) is 5.75 Å². The van der Waals surface area contributed by atoms with Crippen LogP contribution >= 0.6 is 0 Å². The molecule has 0 unspecified atom stereocenters. The highest BCUT2D eigenvalue weighted by molar-refractivity contribution is 5.80. The molecular formula is C18H25NO4. The molecule has 1 fully saturated rings. The summed E-state index contributed by atoms with van der Waals surface area (Å²) in [7, 11) is 0. The van der Waals surface area contributed by atoms with E-state index >= 15 is 0 Å². The van der Waals surface area contributed by atoms with E-state index in [2.05, 4.69) is 5.32 Å². The molecule has 2 rings (SSSR count). The van der Waals surface area contributed by atoms with E-state index in [1.54, 1.807) is 0 Å². The van der Waals surface area contributed by atoms with E-state index < -0.39 is 5.97 Å². The summed E-state index contributed by atoms with van der Waals surface area (Å²) in [6.45, 7) is 0.719. The lowest BCUT2D eigenvalue weighted by Crippen LogP contribution is -2.33. The van der Waals surface area contributed by atoms with E-state index in [-0.39, 0.29) is 25.5 Å². The normalized spacial score (nSPS) is 15.0. The number of para-hydroxylation sites is 1. The van der Waals surface area contributed by atoms with Gasteiger partial charge in [-0.05, 0) is 30.9 Å². The Morgan fingerprint density at radius 1 is 1.09 bits per heavy atom. The first-order valence-electron chi connectivity index (χ1n) is 8.34. The van der Waals surface area contributed by atoms with Crippen LogP contribution in [0.15, 0.2) is 30.3 Å². The molecule has 0 aromatic heterocycles. The Morgan fingerprint density at radius 2 is 1.83 bits per heavy atom. The van der Waals surface area contributed by atoms with E-state index in [4.69, 9.17) is 9.47 Å². The van der Waals surface area contributed by atoms with Crippen molar-refractivity contribution in [2.24, 2.45) is 5.92 Å². The molecule has 0 radical (unpaired) electrons. The molecule has 0 saturated heterocycles. The first-order chi connectivity index (χ1) is 11.2. The number of esters is 1. The van der Waals surface area contributed by atoms with Crippen molar-refractivity contribution >= 4 is 11.9 Å². The Bertz CT molecular complexity index is 483. The van der Waals surface area contributed by atoms with Crippen LogP contribution < -0.4 is 10.1 Å². The van der Waals surface area contributed by atoms with E-state index in [0.717, 1.165) is 0 Å². The molecule has 1 aromatic carbocycles. The van der Waals surface area contributed by atoms with Crippen LogP contribution in [0.5, 0.6) is 5.75 Å². The number of amides is 1. The Morgan fingerprint density at radius 3 is 2.57 bits per heavy atom. The van der Waals surface area contributed by atoms with Gasteiger partial charge in [0.05, 0.1) is 13.0 Å². The number of rotatable bonds is 8. The Labute approximate surface area is 137 Å². The highest BCUT2D eigenvalue weighted by atomic mass is 16.5. The predicted octanol–water partition coefficient (Wildman–Crippen LogP) is 2.70. The van der Waals surface area contributed by atoms with Gasteiger partial charge in [-0.25, -0.2) is 0 Å². The third-order valence-electron chi connectivity index (χ3n) is 4.00. The van der Waals surface area contributed by atoms with Gasteiger partial charge in [-0.2, -0.15) is 0 Å². The van der Waals surface area contributed by atoms with Gasteiger partial charge in [-0.1, -0.05) is 37.5 Å². The highest BCUT2D eigenvalue weighted by Gasteiger charge is 2.15. The van der Waals surface area contributed by atoms with Crippen molar-refractivity contribution in [3.63, 3.8) is 0 Å².